The van der Waals surface area contributed by atoms with Crippen LogP contribution in [0.15, 0.2) is 18.2 Å². The van der Waals surface area contributed by atoms with Crippen LogP contribution < -0.4 is 4.90 Å². The van der Waals surface area contributed by atoms with Crippen molar-refractivity contribution in [3.8, 4) is 0 Å². The summed E-state index contributed by atoms with van der Waals surface area (Å²) in [6.07, 6.45) is 2.76. The maximum absolute atomic E-state index is 14.2. The van der Waals surface area contributed by atoms with E-state index >= 15 is 0 Å². The van der Waals surface area contributed by atoms with Gasteiger partial charge in [0.25, 0.3) is 0 Å². The Morgan fingerprint density at radius 3 is 2.63 bits per heavy atom. The lowest BCUT2D eigenvalue weighted by Gasteiger charge is -2.25. The third-order valence-corrected chi connectivity index (χ3v) is 4.13. The van der Waals surface area contributed by atoms with Crippen molar-refractivity contribution >= 4 is 5.69 Å². The minimum absolute atomic E-state index is 0.224. The van der Waals surface area contributed by atoms with Gasteiger partial charge < -0.3 is 10.0 Å². The highest BCUT2D eigenvalue weighted by molar-refractivity contribution is 5.49. The van der Waals surface area contributed by atoms with Crippen molar-refractivity contribution in [2.45, 2.75) is 46.1 Å². The van der Waals surface area contributed by atoms with Crippen molar-refractivity contribution in [2.75, 3.05) is 18.0 Å². The summed E-state index contributed by atoms with van der Waals surface area (Å²) >= 11 is 0. The molecule has 0 spiro atoms. The van der Waals surface area contributed by atoms with Crippen LogP contribution in [0.2, 0.25) is 0 Å². The van der Waals surface area contributed by atoms with Gasteiger partial charge in [-0.3, -0.25) is 0 Å². The van der Waals surface area contributed by atoms with Crippen LogP contribution in [-0.2, 0) is 0 Å². The molecule has 1 N–H and O–H groups in total. The minimum atomic E-state index is -0.619. The fourth-order valence-corrected chi connectivity index (χ4v) is 2.70. The molecular weight excluding hydrogens is 241 g/mol. The van der Waals surface area contributed by atoms with Gasteiger partial charge in [0.05, 0.1) is 11.8 Å². The Bertz CT molecular complexity index is 442. The van der Waals surface area contributed by atoms with E-state index in [0.717, 1.165) is 25.9 Å². The SMILES string of the molecule is C[C@H](O)c1ccc(N2CCCC(C)(C)CC2)c(F)c1. The molecule has 1 aromatic rings. The second-order valence-corrected chi connectivity index (χ2v) is 6.39. The van der Waals surface area contributed by atoms with E-state index in [2.05, 4.69) is 18.7 Å². The molecule has 1 fully saturated rings. The number of aliphatic hydroxyl groups excluding tert-OH is 1. The Morgan fingerprint density at radius 1 is 1.26 bits per heavy atom. The maximum Gasteiger partial charge on any atom is 0.146 e. The van der Waals surface area contributed by atoms with Gasteiger partial charge in [-0.05, 0) is 49.3 Å². The molecule has 1 saturated heterocycles. The van der Waals surface area contributed by atoms with Crippen LogP contribution in [0.3, 0.4) is 0 Å². The first-order chi connectivity index (χ1) is 8.89. The largest absolute Gasteiger partial charge is 0.389 e. The molecule has 1 aliphatic heterocycles. The highest BCUT2D eigenvalue weighted by Gasteiger charge is 2.24. The molecule has 1 aromatic carbocycles. The van der Waals surface area contributed by atoms with Crippen molar-refractivity contribution in [3.05, 3.63) is 29.6 Å². The van der Waals surface area contributed by atoms with E-state index in [1.165, 1.54) is 12.5 Å². The van der Waals surface area contributed by atoms with Crippen LogP contribution in [0.4, 0.5) is 10.1 Å². The fourth-order valence-electron chi connectivity index (χ4n) is 2.70. The number of halogens is 1. The number of anilines is 1. The summed E-state index contributed by atoms with van der Waals surface area (Å²) in [5.41, 5.74) is 1.66. The summed E-state index contributed by atoms with van der Waals surface area (Å²) in [6.45, 7) is 8.03. The predicted molar refractivity (Wildman–Crippen MR) is 76.9 cm³/mol. The van der Waals surface area contributed by atoms with Crippen LogP contribution >= 0.6 is 0 Å². The zero-order chi connectivity index (χ0) is 14.0. The van der Waals surface area contributed by atoms with E-state index < -0.39 is 6.10 Å². The van der Waals surface area contributed by atoms with E-state index in [-0.39, 0.29) is 5.82 Å². The van der Waals surface area contributed by atoms with Gasteiger partial charge in [-0.1, -0.05) is 19.9 Å². The van der Waals surface area contributed by atoms with Crippen molar-refractivity contribution in [1.29, 1.82) is 0 Å². The van der Waals surface area contributed by atoms with Gasteiger partial charge in [0.1, 0.15) is 5.82 Å². The van der Waals surface area contributed by atoms with Gasteiger partial charge in [0, 0.05) is 13.1 Å². The zero-order valence-electron chi connectivity index (χ0n) is 12.1. The second kappa shape index (κ2) is 5.49. The Morgan fingerprint density at radius 2 is 2.00 bits per heavy atom. The summed E-state index contributed by atoms with van der Waals surface area (Å²) < 4.78 is 14.2. The Hall–Kier alpha value is -1.09. The van der Waals surface area contributed by atoms with Crippen LogP contribution in [0.5, 0.6) is 0 Å². The Labute approximate surface area is 115 Å². The average molecular weight is 265 g/mol. The molecule has 1 aliphatic rings. The lowest BCUT2D eigenvalue weighted by Crippen LogP contribution is -2.26. The molecule has 0 bridgehead atoms. The lowest BCUT2D eigenvalue weighted by molar-refractivity contribution is 0.199. The zero-order valence-corrected chi connectivity index (χ0v) is 12.1. The van der Waals surface area contributed by atoms with Gasteiger partial charge in [0.15, 0.2) is 0 Å². The van der Waals surface area contributed by atoms with Crippen molar-refractivity contribution in [2.24, 2.45) is 5.41 Å². The number of hydrogen-bond acceptors (Lipinski definition) is 2. The van der Waals surface area contributed by atoms with E-state index in [1.54, 1.807) is 13.0 Å². The standard InChI is InChI=1S/C16H24FNO/c1-12(19)13-5-6-15(14(17)11-13)18-9-4-7-16(2,3)8-10-18/h5-6,11-12,19H,4,7-10H2,1-3H3/t12-/m0/s1. The molecule has 0 unspecified atom stereocenters. The highest BCUT2D eigenvalue weighted by atomic mass is 19.1. The molecule has 0 saturated carbocycles. The summed E-state index contributed by atoms with van der Waals surface area (Å²) in [6, 6.07) is 5.07. The highest BCUT2D eigenvalue weighted by Crippen LogP contribution is 2.33. The first-order valence-corrected chi connectivity index (χ1v) is 7.11. The second-order valence-electron chi connectivity index (χ2n) is 6.39. The van der Waals surface area contributed by atoms with Crippen LogP contribution in [0, 0.1) is 11.2 Å². The number of aliphatic hydroxyl groups is 1. The number of benzene rings is 1. The molecular formula is C16H24FNO. The van der Waals surface area contributed by atoms with Gasteiger partial charge in [-0.2, -0.15) is 0 Å². The van der Waals surface area contributed by atoms with Gasteiger partial charge in [-0.25, -0.2) is 4.39 Å². The molecule has 1 heterocycles. The molecule has 1 atom stereocenters. The monoisotopic (exact) mass is 265 g/mol. The average Bonchev–Trinajstić information content (AvgIpc) is 2.50. The number of rotatable bonds is 2. The van der Waals surface area contributed by atoms with Gasteiger partial charge >= 0.3 is 0 Å². The fraction of sp³-hybridized carbons (Fsp3) is 0.625. The van der Waals surface area contributed by atoms with E-state index in [1.807, 2.05) is 6.07 Å². The molecule has 3 heteroatoms. The topological polar surface area (TPSA) is 23.5 Å². The van der Waals surface area contributed by atoms with E-state index in [9.17, 15) is 9.50 Å². The quantitative estimate of drug-likeness (QED) is 0.876. The molecule has 2 rings (SSSR count). The van der Waals surface area contributed by atoms with Gasteiger partial charge in [0.2, 0.25) is 0 Å². The Balaban J connectivity index is 2.18. The van der Waals surface area contributed by atoms with Crippen molar-refractivity contribution < 1.29 is 9.50 Å². The molecule has 0 amide bonds. The molecule has 106 valence electrons. The van der Waals surface area contributed by atoms with Gasteiger partial charge in [-0.15, -0.1) is 0 Å². The molecule has 0 radical (unpaired) electrons. The summed E-state index contributed by atoms with van der Waals surface area (Å²) in [5.74, 6) is -0.224. The third-order valence-electron chi connectivity index (χ3n) is 4.13. The smallest absolute Gasteiger partial charge is 0.146 e. The molecule has 19 heavy (non-hydrogen) atoms. The maximum atomic E-state index is 14.2. The number of hydrogen-bond donors (Lipinski definition) is 1. The molecule has 0 aliphatic carbocycles. The molecule has 0 aromatic heterocycles. The normalized spacial score (nSPS) is 21.0. The predicted octanol–water partition coefficient (Wildman–Crippen LogP) is 3.90. The molecule has 2 nitrogen and oxygen atoms in total. The summed E-state index contributed by atoms with van der Waals surface area (Å²) in [4.78, 5) is 2.13. The van der Waals surface area contributed by atoms with E-state index in [4.69, 9.17) is 0 Å². The summed E-state index contributed by atoms with van der Waals surface area (Å²) in [5, 5.41) is 9.48. The lowest BCUT2D eigenvalue weighted by atomic mass is 9.85. The minimum Gasteiger partial charge on any atom is -0.389 e. The first kappa shape index (κ1) is 14.3. The Kier molecular flexibility index (Phi) is 4.14. The third kappa shape index (κ3) is 3.47. The van der Waals surface area contributed by atoms with E-state index in [0.29, 0.717) is 16.7 Å². The first-order valence-electron chi connectivity index (χ1n) is 7.11. The summed E-state index contributed by atoms with van der Waals surface area (Å²) in [7, 11) is 0. The number of nitrogens with zero attached hydrogens (tertiary/aromatic N) is 1. The van der Waals surface area contributed by atoms with Crippen molar-refractivity contribution in [3.63, 3.8) is 0 Å². The van der Waals surface area contributed by atoms with Crippen LogP contribution in [0.1, 0.15) is 51.7 Å². The van der Waals surface area contributed by atoms with Crippen molar-refractivity contribution in [1.82, 2.24) is 0 Å². The van der Waals surface area contributed by atoms with Crippen LogP contribution in [-0.4, -0.2) is 18.2 Å². The van der Waals surface area contributed by atoms with Crippen LogP contribution in [0.25, 0.3) is 0 Å².